The summed E-state index contributed by atoms with van der Waals surface area (Å²) in [6.07, 6.45) is 0. The molecule has 0 saturated heterocycles. The van der Waals surface area contributed by atoms with E-state index in [0.717, 1.165) is 26.2 Å². The highest BCUT2D eigenvalue weighted by molar-refractivity contribution is 7.99. The third-order valence-electron chi connectivity index (χ3n) is 2.95. The van der Waals surface area contributed by atoms with Crippen LogP contribution >= 0.6 is 23.1 Å². The molecule has 5 heteroatoms. The molecule has 108 valence electrons. The van der Waals surface area contributed by atoms with Crippen LogP contribution in [-0.4, -0.2) is 10.7 Å². The maximum absolute atomic E-state index is 14.2. The second kappa shape index (κ2) is 6.70. The van der Waals surface area contributed by atoms with E-state index in [-0.39, 0.29) is 5.82 Å². The number of benzene rings is 1. The van der Waals surface area contributed by atoms with Crippen molar-refractivity contribution in [3.8, 4) is 10.6 Å². The van der Waals surface area contributed by atoms with Gasteiger partial charge in [-0.2, -0.15) is 0 Å². The summed E-state index contributed by atoms with van der Waals surface area (Å²) in [6.45, 7) is 6.68. The van der Waals surface area contributed by atoms with Crippen LogP contribution in [0.3, 0.4) is 0 Å². The molecular weight excluding hydrogens is 291 g/mol. The Bertz CT molecular complexity index is 594. The largest absolute Gasteiger partial charge is 0.326 e. The molecule has 0 atom stereocenters. The Kier molecular flexibility index (Phi) is 5.18. The first-order chi connectivity index (χ1) is 9.58. The van der Waals surface area contributed by atoms with Gasteiger partial charge in [-0.3, -0.25) is 0 Å². The Balaban J connectivity index is 2.56. The molecule has 0 saturated carbocycles. The molecular formula is C15H19FN2S2. The number of hydrogen-bond acceptors (Lipinski definition) is 4. The highest BCUT2D eigenvalue weighted by atomic mass is 32.2. The van der Waals surface area contributed by atoms with Crippen molar-refractivity contribution in [3.05, 3.63) is 34.6 Å². The molecule has 2 nitrogen and oxygen atoms in total. The van der Waals surface area contributed by atoms with Crippen molar-refractivity contribution in [2.45, 2.75) is 38.1 Å². The minimum Gasteiger partial charge on any atom is -0.326 e. The number of halogens is 1. The summed E-state index contributed by atoms with van der Waals surface area (Å²) in [5.41, 5.74) is 7.39. The molecule has 0 unspecified atom stereocenters. The van der Waals surface area contributed by atoms with Crippen LogP contribution in [0.5, 0.6) is 0 Å². The molecule has 2 N–H and O–H groups in total. The number of nitrogens with two attached hydrogens (primary N) is 1. The van der Waals surface area contributed by atoms with E-state index in [1.807, 2.05) is 6.07 Å². The Hall–Kier alpha value is -0.910. The maximum atomic E-state index is 14.2. The predicted octanol–water partition coefficient (Wildman–Crippen LogP) is 4.64. The van der Waals surface area contributed by atoms with Gasteiger partial charge in [0.2, 0.25) is 0 Å². The van der Waals surface area contributed by atoms with Crippen LogP contribution in [0.2, 0.25) is 0 Å². The van der Waals surface area contributed by atoms with Gasteiger partial charge < -0.3 is 5.73 Å². The Labute approximate surface area is 127 Å². The molecule has 1 aromatic heterocycles. The van der Waals surface area contributed by atoms with Crippen molar-refractivity contribution in [2.75, 3.05) is 5.75 Å². The molecule has 20 heavy (non-hydrogen) atoms. The number of thioether (sulfide) groups is 1. The van der Waals surface area contributed by atoms with Gasteiger partial charge in [-0.15, -0.1) is 23.1 Å². The first-order valence-corrected chi connectivity index (χ1v) is 8.50. The summed E-state index contributed by atoms with van der Waals surface area (Å²) >= 11 is 3.14. The number of thiazole rings is 1. The van der Waals surface area contributed by atoms with Crippen LogP contribution in [-0.2, 0) is 6.54 Å². The Morgan fingerprint density at radius 1 is 1.40 bits per heavy atom. The van der Waals surface area contributed by atoms with Crippen LogP contribution in [0.4, 0.5) is 4.39 Å². The van der Waals surface area contributed by atoms with Crippen molar-refractivity contribution in [1.82, 2.24) is 4.98 Å². The first kappa shape index (κ1) is 15.5. The zero-order valence-corrected chi connectivity index (χ0v) is 13.6. The molecule has 0 aliphatic carbocycles. The molecule has 1 heterocycles. The molecule has 0 bridgehead atoms. The van der Waals surface area contributed by atoms with E-state index in [4.69, 9.17) is 5.73 Å². The van der Waals surface area contributed by atoms with E-state index in [9.17, 15) is 4.39 Å². The summed E-state index contributed by atoms with van der Waals surface area (Å²) in [7, 11) is 0. The van der Waals surface area contributed by atoms with Crippen LogP contribution in [0.1, 0.15) is 37.3 Å². The van der Waals surface area contributed by atoms with E-state index >= 15 is 0 Å². The predicted molar refractivity (Wildman–Crippen MR) is 85.9 cm³/mol. The average Bonchev–Trinajstić information content (AvgIpc) is 2.83. The van der Waals surface area contributed by atoms with E-state index < -0.39 is 0 Å². The molecule has 2 rings (SSSR count). The topological polar surface area (TPSA) is 38.9 Å². The van der Waals surface area contributed by atoms with Crippen LogP contribution < -0.4 is 5.73 Å². The maximum Gasteiger partial charge on any atom is 0.134 e. The van der Waals surface area contributed by atoms with Gasteiger partial charge in [0.1, 0.15) is 10.8 Å². The molecule has 0 radical (unpaired) electrons. The standard InChI is InChI=1S/C15H19FN2S2/c1-4-19-11-7-5-6-10(16)13(11)15-18-14(9(2)3)12(8-17)20-15/h5-7,9H,4,8,17H2,1-3H3. The van der Waals surface area contributed by atoms with Crippen molar-refractivity contribution in [3.63, 3.8) is 0 Å². The minimum absolute atomic E-state index is 0.212. The minimum atomic E-state index is -0.212. The fourth-order valence-electron chi connectivity index (χ4n) is 2.06. The third-order valence-corrected chi connectivity index (χ3v) is 5.00. The lowest BCUT2D eigenvalue weighted by molar-refractivity contribution is 0.628. The number of hydrogen-bond donors (Lipinski definition) is 1. The van der Waals surface area contributed by atoms with Gasteiger partial charge in [0.05, 0.1) is 11.3 Å². The SMILES string of the molecule is CCSc1cccc(F)c1-c1nc(C(C)C)c(CN)s1. The Morgan fingerprint density at radius 3 is 2.70 bits per heavy atom. The third kappa shape index (κ3) is 3.05. The summed E-state index contributed by atoms with van der Waals surface area (Å²) < 4.78 is 14.2. The normalized spacial score (nSPS) is 11.3. The van der Waals surface area contributed by atoms with Crippen molar-refractivity contribution in [2.24, 2.45) is 5.73 Å². The molecule has 0 spiro atoms. The number of aromatic nitrogens is 1. The van der Waals surface area contributed by atoms with Crippen molar-refractivity contribution < 1.29 is 4.39 Å². The van der Waals surface area contributed by atoms with E-state index in [2.05, 4.69) is 25.8 Å². The molecule has 1 aromatic carbocycles. The van der Waals surface area contributed by atoms with Crippen molar-refractivity contribution in [1.29, 1.82) is 0 Å². The lowest BCUT2D eigenvalue weighted by atomic mass is 10.1. The summed E-state index contributed by atoms with van der Waals surface area (Å²) in [5.74, 6) is 0.992. The zero-order chi connectivity index (χ0) is 14.7. The molecule has 0 aliphatic rings. The van der Waals surface area contributed by atoms with E-state index in [1.54, 1.807) is 17.8 Å². The number of rotatable bonds is 5. The summed E-state index contributed by atoms with van der Waals surface area (Å²) in [6, 6.07) is 5.19. The smallest absolute Gasteiger partial charge is 0.134 e. The van der Waals surface area contributed by atoms with E-state index in [0.29, 0.717) is 18.0 Å². The van der Waals surface area contributed by atoms with Crippen molar-refractivity contribution >= 4 is 23.1 Å². The Morgan fingerprint density at radius 2 is 2.15 bits per heavy atom. The van der Waals surface area contributed by atoms with Gasteiger partial charge >= 0.3 is 0 Å². The fourth-order valence-corrected chi connectivity index (χ4v) is 4.10. The highest BCUT2D eigenvalue weighted by Crippen LogP contribution is 2.38. The van der Waals surface area contributed by atoms with E-state index in [1.165, 1.54) is 17.4 Å². The average molecular weight is 310 g/mol. The van der Waals surface area contributed by atoms with Crippen LogP contribution in [0.15, 0.2) is 23.1 Å². The van der Waals surface area contributed by atoms with Gasteiger partial charge in [-0.05, 0) is 23.8 Å². The molecule has 0 aliphatic heterocycles. The molecule has 0 amide bonds. The second-order valence-corrected chi connectivity index (χ2v) is 7.12. The first-order valence-electron chi connectivity index (χ1n) is 6.69. The summed E-state index contributed by atoms with van der Waals surface area (Å²) in [4.78, 5) is 6.63. The zero-order valence-electron chi connectivity index (χ0n) is 11.9. The quantitative estimate of drug-likeness (QED) is 0.817. The fraction of sp³-hybridized carbons (Fsp3) is 0.400. The molecule has 2 aromatic rings. The van der Waals surface area contributed by atoms with Crippen LogP contribution in [0.25, 0.3) is 10.6 Å². The molecule has 0 fully saturated rings. The van der Waals surface area contributed by atoms with Gasteiger partial charge in [-0.1, -0.05) is 26.8 Å². The lowest BCUT2D eigenvalue weighted by Gasteiger charge is -2.06. The van der Waals surface area contributed by atoms with Gasteiger partial charge in [0.15, 0.2) is 0 Å². The number of nitrogens with zero attached hydrogens (tertiary/aromatic N) is 1. The van der Waals surface area contributed by atoms with Crippen LogP contribution in [0, 0.1) is 5.82 Å². The van der Waals surface area contributed by atoms with Gasteiger partial charge in [-0.25, -0.2) is 9.37 Å². The monoisotopic (exact) mass is 310 g/mol. The van der Waals surface area contributed by atoms with Gasteiger partial charge in [0, 0.05) is 16.3 Å². The van der Waals surface area contributed by atoms with Gasteiger partial charge in [0.25, 0.3) is 0 Å². The lowest BCUT2D eigenvalue weighted by Crippen LogP contribution is -1.99. The second-order valence-electron chi connectivity index (χ2n) is 4.73. The highest BCUT2D eigenvalue weighted by Gasteiger charge is 2.19. The summed E-state index contributed by atoms with van der Waals surface area (Å²) in [5, 5.41) is 0.739.